The molecule has 5 heteroatoms. The second kappa shape index (κ2) is 14.7. The zero-order valence-corrected chi connectivity index (χ0v) is 32.5. The molecule has 0 spiro atoms. The molecule has 8 aromatic rings. The molecular formula is C49H42N3OPt-. The molecule has 0 aliphatic rings. The minimum Gasteiger partial charge on any atom is -0.507 e. The minimum atomic E-state index is -2.49. The van der Waals surface area contributed by atoms with E-state index in [0.717, 1.165) is 16.7 Å². The average Bonchev–Trinajstić information content (AvgIpc) is 3.65. The number of imidazole rings is 1. The third kappa shape index (κ3) is 6.95. The average molecular weight is 895 g/mol. The molecule has 0 amide bonds. The van der Waals surface area contributed by atoms with E-state index in [1.54, 1.807) is 25.1 Å². The van der Waals surface area contributed by atoms with Crippen LogP contribution < -0.4 is 0 Å². The molecule has 0 radical (unpaired) electrons. The van der Waals surface area contributed by atoms with Gasteiger partial charge in [0.2, 0.25) is 0 Å². The first kappa shape index (κ1) is 25.4. The van der Waals surface area contributed by atoms with E-state index >= 15 is 0 Å². The molecule has 0 atom stereocenters. The van der Waals surface area contributed by atoms with Gasteiger partial charge < -0.3 is 5.11 Å². The third-order valence-corrected chi connectivity index (χ3v) is 9.34. The molecule has 0 bridgehead atoms. The molecule has 1 N–H and O–H groups in total. The van der Waals surface area contributed by atoms with Crippen LogP contribution in [-0.2, 0) is 26.5 Å². The molecular weight excluding hydrogens is 842 g/mol. The summed E-state index contributed by atoms with van der Waals surface area (Å²) in [6.07, 6.45) is -0.558. The number of phenols is 1. The van der Waals surface area contributed by atoms with Crippen molar-refractivity contribution in [1.29, 1.82) is 0 Å². The van der Waals surface area contributed by atoms with Crippen LogP contribution in [-0.4, -0.2) is 19.6 Å². The molecule has 0 saturated heterocycles. The van der Waals surface area contributed by atoms with Gasteiger partial charge >= 0.3 is 0 Å². The van der Waals surface area contributed by atoms with Gasteiger partial charge in [0.1, 0.15) is 11.6 Å². The van der Waals surface area contributed by atoms with Gasteiger partial charge in [0, 0.05) is 42.7 Å². The van der Waals surface area contributed by atoms with E-state index in [0.29, 0.717) is 50.4 Å². The van der Waals surface area contributed by atoms with Gasteiger partial charge in [0.05, 0.1) is 27.6 Å². The molecule has 8 rings (SSSR count). The van der Waals surface area contributed by atoms with Crippen LogP contribution >= 0.6 is 0 Å². The Morgan fingerprint density at radius 1 is 0.741 bits per heavy atom. The Balaban J connectivity index is 0.00000630. The minimum absolute atomic E-state index is 0. The maximum atomic E-state index is 11.6. The number of benzene rings is 6. The van der Waals surface area contributed by atoms with Crippen LogP contribution in [0.25, 0.3) is 72.7 Å². The molecule has 0 aliphatic carbocycles. The van der Waals surface area contributed by atoms with E-state index in [4.69, 9.17) is 18.7 Å². The largest absolute Gasteiger partial charge is 0.507 e. The summed E-state index contributed by atoms with van der Waals surface area (Å²) < 4.78 is 96.4. The fourth-order valence-corrected chi connectivity index (χ4v) is 6.65. The van der Waals surface area contributed by atoms with Crippen LogP contribution in [0.5, 0.6) is 5.75 Å². The van der Waals surface area contributed by atoms with Crippen LogP contribution in [0.4, 0.5) is 0 Å². The summed E-state index contributed by atoms with van der Waals surface area (Å²) in [5.74, 6) is 0.364. The van der Waals surface area contributed by atoms with Crippen molar-refractivity contribution < 1.29 is 41.3 Å². The van der Waals surface area contributed by atoms with Gasteiger partial charge in [0.25, 0.3) is 0 Å². The Labute approximate surface area is 348 Å². The summed E-state index contributed by atoms with van der Waals surface area (Å²) in [4.78, 5) is 9.59. The zero-order chi connectivity index (χ0) is 46.3. The Kier molecular flexibility index (Phi) is 6.92. The van der Waals surface area contributed by atoms with Gasteiger partial charge in [-0.15, -0.1) is 29.3 Å². The number of fused-ring (bicyclic) bond motifs is 1. The van der Waals surface area contributed by atoms with E-state index in [1.165, 1.54) is 0 Å². The van der Waals surface area contributed by atoms with Crippen molar-refractivity contribution in [3.8, 4) is 67.5 Å². The van der Waals surface area contributed by atoms with Crippen LogP contribution in [0.2, 0.25) is 0 Å². The Morgan fingerprint density at radius 2 is 1.52 bits per heavy atom. The molecule has 54 heavy (non-hydrogen) atoms. The fourth-order valence-electron chi connectivity index (χ4n) is 6.65. The fraction of sp³-hybridized carbons (Fsp3) is 0.143. The summed E-state index contributed by atoms with van der Waals surface area (Å²) in [6, 6.07) is 26.8. The first-order chi connectivity index (χ1) is 30.1. The van der Waals surface area contributed by atoms with Gasteiger partial charge in [-0.25, -0.2) is 4.98 Å². The van der Waals surface area contributed by atoms with Crippen LogP contribution in [0.15, 0.2) is 139 Å². The number of phenolic OH excluding ortho intramolecular Hbond substituents is 1. The van der Waals surface area contributed by atoms with E-state index < -0.39 is 60.7 Å². The molecule has 0 unspecified atom stereocenters. The van der Waals surface area contributed by atoms with Gasteiger partial charge in [-0.2, -0.15) is 0 Å². The Bertz CT molecular complexity index is 3190. The van der Waals surface area contributed by atoms with Gasteiger partial charge in [-0.3, -0.25) is 9.55 Å². The molecule has 0 aliphatic heterocycles. The number of hydrogen-bond donors (Lipinski definition) is 1. The SMILES string of the molecule is [2H]c1nc(-c2[c-]c(-c3cccc4c3nc(-c3cc(C)cc(C)c3O)n4-c3ccc(-c4ccccc4)c(C([2H])([2H])[2H])c3)cc(C(C)(C)C)c2)c([2H])c(-c2c([2H])c([2H])c([2H])c([2H])c2[2H])c1[2H].[Pt]. The topological polar surface area (TPSA) is 50.9 Å². The van der Waals surface area contributed by atoms with Crippen molar-refractivity contribution in [3.05, 3.63) is 168 Å². The van der Waals surface area contributed by atoms with E-state index in [-0.39, 0.29) is 54.8 Å². The summed E-state index contributed by atoms with van der Waals surface area (Å²) in [5.41, 5.74) is 5.80. The third-order valence-electron chi connectivity index (χ3n) is 9.34. The number of rotatable bonds is 6. The molecule has 6 aromatic carbocycles. The molecule has 0 fully saturated rings. The summed E-state index contributed by atoms with van der Waals surface area (Å²) in [7, 11) is 0. The second-order valence-corrected chi connectivity index (χ2v) is 14.2. The molecule has 2 heterocycles. The summed E-state index contributed by atoms with van der Waals surface area (Å²) in [6.45, 7) is 7.23. The Hall–Kier alpha value is -5.57. The van der Waals surface area contributed by atoms with Gasteiger partial charge in [-0.1, -0.05) is 123 Å². The monoisotopic (exact) mass is 894 g/mol. The molecule has 270 valence electrons. The van der Waals surface area contributed by atoms with Crippen LogP contribution in [0.1, 0.15) is 58.1 Å². The molecule has 0 saturated carbocycles. The number of aromatic nitrogens is 3. The number of aryl methyl sites for hydroxylation is 3. The number of para-hydroxylation sites is 1. The maximum Gasteiger partial charge on any atom is 0.148 e. The van der Waals surface area contributed by atoms with Gasteiger partial charge in [-0.05, 0) is 95.4 Å². The quantitative estimate of drug-likeness (QED) is 0.169. The smallest absolute Gasteiger partial charge is 0.148 e. The molecule has 2 aromatic heterocycles. The number of nitrogens with zero attached hydrogens (tertiary/aromatic N) is 3. The number of hydrogen-bond acceptors (Lipinski definition) is 3. The van der Waals surface area contributed by atoms with Crippen molar-refractivity contribution >= 4 is 11.0 Å². The maximum absolute atomic E-state index is 11.6. The normalized spacial score (nSPS) is 14.6. The first-order valence-electron chi connectivity index (χ1n) is 22.7. The van der Waals surface area contributed by atoms with Crippen molar-refractivity contribution in [1.82, 2.24) is 14.5 Å². The summed E-state index contributed by atoms with van der Waals surface area (Å²) in [5, 5.41) is 11.6. The van der Waals surface area contributed by atoms with E-state index in [9.17, 15) is 6.48 Å². The predicted molar refractivity (Wildman–Crippen MR) is 219 cm³/mol. The van der Waals surface area contributed by atoms with Crippen molar-refractivity contribution in [2.24, 2.45) is 0 Å². The van der Waals surface area contributed by atoms with Crippen LogP contribution in [0.3, 0.4) is 0 Å². The molecule has 4 nitrogen and oxygen atoms in total. The summed E-state index contributed by atoms with van der Waals surface area (Å²) >= 11 is 0. The number of aromatic hydroxyl groups is 1. The van der Waals surface area contributed by atoms with Crippen LogP contribution in [0, 0.1) is 26.8 Å². The van der Waals surface area contributed by atoms with Crippen molar-refractivity contribution in [3.63, 3.8) is 0 Å². The van der Waals surface area contributed by atoms with E-state index in [2.05, 4.69) is 11.1 Å². The van der Waals surface area contributed by atoms with Crippen molar-refractivity contribution in [2.75, 3.05) is 0 Å². The number of pyridine rings is 1. The Morgan fingerprint density at radius 3 is 2.28 bits per heavy atom. The predicted octanol–water partition coefficient (Wildman–Crippen LogP) is 12.5. The standard InChI is InChI=1S/C49H42N3O.Pt/c1-31-24-33(3)47(53)43(25-31)48-51-46-42(18-13-19-45(46)52(48)40-20-21-41(32(2)26-40)35-16-11-8-12-17-35)37-27-38(29-39(28-37)49(4,5)6)44-30-36(22-23-50-44)34-14-9-7-10-15-34;/h7-26,28-30,53H,1-6H3;/q-1;/i2D3,7D,9D,10D,14D,15D,22D,23D,30D;. The van der Waals surface area contributed by atoms with E-state index in [1.807, 2.05) is 105 Å². The first-order valence-corrected chi connectivity index (χ1v) is 17.2. The second-order valence-electron chi connectivity index (χ2n) is 14.2. The van der Waals surface area contributed by atoms with Gasteiger partial charge in [0.15, 0.2) is 0 Å². The van der Waals surface area contributed by atoms with Crippen molar-refractivity contribution in [2.45, 2.75) is 46.9 Å². The zero-order valence-electron chi connectivity index (χ0n) is 41.3.